The number of carbonyl (C=O) groups is 1. The normalized spacial score (nSPS) is 17.3. The molecule has 35 heavy (non-hydrogen) atoms. The number of hydrogen-bond donors (Lipinski definition) is 1. The van der Waals surface area contributed by atoms with Crippen LogP contribution in [0.3, 0.4) is 0 Å². The number of benzene rings is 2. The van der Waals surface area contributed by atoms with Crippen molar-refractivity contribution in [3.63, 3.8) is 0 Å². The first kappa shape index (κ1) is 25.3. The van der Waals surface area contributed by atoms with Crippen LogP contribution in [-0.4, -0.2) is 57.1 Å². The van der Waals surface area contributed by atoms with Crippen LogP contribution in [-0.2, 0) is 14.4 Å². The van der Waals surface area contributed by atoms with Crippen molar-refractivity contribution in [2.75, 3.05) is 39.0 Å². The van der Waals surface area contributed by atoms with Crippen LogP contribution in [0.25, 0.3) is 21.9 Å². The summed E-state index contributed by atoms with van der Waals surface area (Å²) in [5, 5.41) is 5.77. The van der Waals surface area contributed by atoms with Gasteiger partial charge in [0.15, 0.2) is 0 Å². The molecule has 1 saturated heterocycles. The van der Waals surface area contributed by atoms with E-state index in [9.17, 15) is 18.0 Å². The lowest BCUT2D eigenvalue weighted by Gasteiger charge is -2.32. The summed E-state index contributed by atoms with van der Waals surface area (Å²) >= 11 is 0. The number of hydroxylamine groups is 1. The number of halogens is 3. The molecule has 1 aliphatic heterocycles. The van der Waals surface area contributed by atoms with Gasteiger partial charge in [-0.15, -0.1) is 0 Å². The minimum absolute atomic E-state index is 0.00295. The molecule has 0 unspecified atom stereocenters. The van der Waals surface area contributed by atoms with Gasteiger partial charge < -0.3 is 9.15 Å². The zero-order valence-corrected chi connectivity index (χ0v) is 20.2. The van der Waals surface area contributed by atoms with Crippen LogP contribution in [0, 0.1) is 5.92 Å². The van der Waals surface area contributed by atoms with Gasteiger partial charge in [-0.2, -0.15) is 13.2 Å². The Bertz CT molecular complexity index is 1190. The molecule has 7 nitrogen and oxygen atoms in total. The summed E-state index contributed by atoms with van der Waals surface area (Å²) in [7, 11) is 3.14. The molecule has 0 radical (unpaired) electrons. The maximum absolute atomic E-state index is 14.1. The largest absolute Gasteiger partial charge is 0.468 e. The van der Waals surface area contributed by atoms with Gasteiger partial charge in [-0.1, -0.05) is 26.0 Å². The predicted octanol–water partition coefficient (Wildman–Crippen LogP) is 5.01. The van der Waals surface area contributed by atoms with Gasteiger partial charge in [0.1, 0.15) is 30.0 Å². The number of nitrogens with zero attached hydrogens (tertiary/aromatic N) is 2. The number of likely N-dealkylation sites (N-methyl/N-ethyl adjacent to an activating group) is 1. The molecule has 2 heterocycles. The van der Waals surface area contributed by atoms with Crippen molar-refractivity contribution in [3.05, 3.63) is 42.0 Å². The number of methoxy groups -OCH3 is 1. The molecule has 1 N–H and O–H groups in total. The summed E-state index contributed by atoms with van der Waals surface area (Å²) < 4.78 is 52.9. The maximum atomic E-state index is 14.1. The Balaban J connectivity index is 1.68. The second-order valence-corrected chi connectivity index (χ2v) is 9.32. The van der Waals surface area contributed by atoms with Crippen molar-refractivity contribution in [1.82, 2.24) is 10.2 Å². The fourth-order valence-corrected chi connectivity index (χ4v) is 4.31. The van der Waals surface area contributed by atoms with Gasteiger partial charge in [-0.25, -0.2) is 0 Å². The van der Waals surface area contributed by atoms with Crippen LogP contribution in [0.5, 0.6) is 0 Å². The second kappa shape index (κ2) is 10.0. The average Bonchev–Trinajstić information content (AvgIpc) is 3.17. The Morgan fingerprint density at radius 3 is 2.51 bits per heavy atom. The van der Waals surface area contributed by atoms with E-state index in [0.717, 1.165) is 17.6 Å². The van der Waals surface area contributed by atoms with E-state index >= 15 is 0 Å². The Morgan fingerprint density at radius 1 is 1.11 bits per heavy atom. The van der Waals surface area contributed by atoms with E-state index in [2.05, 4.69) is 10.2 Å². The van der Waals surface area contributed by atoms with Crippen molar-refractivity contribution < 1.29 is 32.0 Å². The third-order valence-electron chi connectivity index (χ3n) is 6.11. The molecule has 0 amide bonds. The molecule has 0 aliphatic carbocycles. The minimum Gasteiger partial charge on any atom is -0.468 e. The lowest BCUT2D eigenvalue weighted by Crippen LogP contribution is -2.45. The molecule has 4 rings (SSSR count). The van der Waals surface area contributed by atoms with Crippen LogP contribution >= 0.6 is 0 Å². The first-order valence-corrected chi connectivity index (χ1v) is 11.5. The average molecular weight is 494 g/mol. The number of carbonyl (C=O) groups excluding carboxylic acids is 1. The SMILES string of the molecule is COC(=O)[C@H](CC(C)C)N[C@@H](c1ccc2c(c1)oc1ccc(N3CCN(C)CO3)cc12)C(F)(F)F. The van der Waals surface area contributed by atoms with E-state index in [1.165, 1.54) is 19.2 Å². The molecule has 190 valence electrons. The van der Waals surface area contributed by atoms with Gasteiger partial charge in [0.2, 0.25) is 0 Å². The Morgan fingerprint density at radius 2 is 1.89 bits per heavy atom. The lowest BCUT2D eigenvalue weighted by atomic mass is 9.99. The van der Waals surface area contributed by atoms with Gasteiger partial charge in [0.05, 0.1) is 19.3 Å². The Labute approximate surface area is 201 Å². The third kappa shape index (κ3) is 5.55. The molecule has 0 spiro atoms. The fraction of sp³-hybridized carbons (Fsp3) is 0.480. The maximum Gasteiger partial charge on any atom is 0.407 e. The monoisotopic (exact) mass is 493 g/mol. The zero-order valence-electron chi connectivity index (χ0n) is 20.2. The van der Waals surface area contributed by atoms with Crippen molar-refractivity contribution in [3.8, 4) is 0 Å². The number of esters is 1. The van der Waals surface area contributed by atoms with E-state index in [-0.39, 0.29) is 17.9 Å². The van der Waals surface area contributed by atoms with Gasteiger partial charge >= 0.3 is 12.1 Å². The number of ether oxygens (including phenoxy) is 1. The molecule has 0 saturated carbocycles. The standard InChI is InChI=1S/C25H30F3N3O4/c1-15(2)11-20(24(32)33-4)29-23(25(26,27)28)16-5-7-18-19-13-17(31-10-9-30(3)14-34-31)6-8-21(19)35-22(18)12-16/h5-8,12-13,15,20,23,29H,9-11,14H2,1-4H3/t20-,23-/m0/s1. The first-order chi connectivity index (χ1) is 16.6. The number of rotatable bonds is 7. The lowest BCUT2D eigenvalue weighted by molar-refractivity contribution is -0.164. The summed E-state index contributed by atoms with van der Waals surface area (Å²) in [4.78, 5) is 20.0. The van der Waals surface area contributed by atoms with Gasteiger partial charge in [-0.3, -0.25) is 24.9 Å². The van der Waals surface area contributed by atoms with E-state index < -0.39 is 24.2 Å². The molecule has 1 aliphatic rings. The quantitative estimate of drug-likeness (QED) is 0.464. The predicted molar refractivity (Wildman–Crippen MR) is 127 cm³/mol. The van der Waals surface area contributed by atoms with E-state index in [1.807, 2.05) is 33.0 Å². The van der Waals surface area contributed by atoms with E-state index in [1.54, 1.807) is 17.2 Å². The molecule has 2 atom stereocenters. The van der Waals surface area contributed by atoms with Crippen LogP contribution < -0.4 is 10.4 Å². The minimum atomic E-state index is -4.63. The van der Waals surface area contributed by atoms with Gasteiger partial charge in [-0.05, 0) is 49.2 Å². The highest BCUT2D eigenvalue weighted by molar-refractivity contribution is 6.06. The highest BCUT2D eigenvalue weighted by atomic mass is 19.4. The summed E-state index contributed by atoms with van der Waals surface area (Å²) in [6, 6.07) is 6.86. The van der Waals surface area contributed by atoms with Gasteiger partial charge in [0, 0.05) is 17.3 Å². The molecular weight excluding hydrogens is 463 g/mol. The van der Waals surface area contributed by atoms with Gasteiger partial charge in [0.25, 0.3) is 0 Å². The molecule has 0 bridgehead atoms. The van der Waals surface area contributed by atoms with Crippen LogP contribution in [0.15, 0.2) is 40.8 Å². The summed E-state index contributed by atoms with van der Waals surface area (Å²) in [5.41, 5.74) is 1.72. The topological polar surface area (TPSA) is 67.2 Å². The molecule has 1 fully saturated rings. The summed E-state index contributed by atoms with van der Waals surface area (Å²) in [6.07, 6.45) is -4.42. The molecule has 1 aromatic heterocycles. The van der Waals surface area contributed by atoms with Crippen LogP contribution in [0.4, 0.5) is 18.9 Å². The smallest absolute Gasteiger partial charge is 0.407 e. The molecular formula is C25H30F3N3O4. The Hall–Kier alpha value is -2.82. The van der Waals surface area contributed by atoms with Crippen molar-refractivity contribution in [2.24, 2.45) is 5.92 Å². The number of nitrogens with one attached hydrogen (secondary N) is 1. The fourth-order valence-electron chi connectivity index (χ4n) is 4.31. The number of alkyl halides is 3. The molecule has 10 heteroatoms. The summed E-state index contributed by atoms with van der Waals surface area (Å²) in [5.74, 6) is -0.728. The van der Waals surface area contributed by atoms with Crippen LogP contribution in [0.2, 0.25) is 0 Å². The Kier molecular flexibility index (Phi) is 7.25. The van der Waals surface area contributed by atoms with E-state index in [0.29, 0.717) is 29.8 Å². The molecule has 2 aromatic carbocycles. The van der Waals surface area contributed by atoms with Crippen molar-refractivity contribution in [2.45, 2.75) is 38.5 Å². The number of furan rings is 1. The van der Waals surface area contributed by atoms with Crippen molar-refractivity contribution >= 4 is 33.6 Å². The highest BCUT2D eigenvalue weighted by Gasteiger charge is 2.43. The van der Waals surface area contributed by atoms with E-state index in [4.69, 9.17) is 14.0 Å². The first-order valence-electron chi connectivity index (χ1n) is 11.5. The highest BCUT2D eigenvalue weighted by Crippen LogP contribution is 2.38. The van der Waals surface area contributed by atoms with Crippen LogP contribution in [0.1, 0.15) is 31.9 Å². The molecule has 3 aromatic rings. The number of anilines is 1. The summed E-state index contributed by atoms with van der Waals surface area (Å²) in [6.45, 7) is 5.69. The second-order valence-electron chi connectivity index (χ2n) is 9.32. The number of fused-ring (bicyclic) bond motifs is 3. The zero-order chi connectivity index (χ0) is 25.3. The van der Waals surface area contributed by atoms with Crippen molar-refractivity contribution in [1.29, 1.82) is 0 Å². The third-order valence-corrected chi connectivity index (χ3v) is 6.11. The number of hydrogen-bond acceptors (Lipinski definition) is 7.